The number of phenols is 1. The molecule has 1 fully saturated rings. The highest BCUT2D eigenvalue weighted by Crippen LogP contribution is 2.38. The van der Waals surface area contributed by atoms with Gasteiger partial charge in [-0.15, -0.1) is 0 Å². The largest absolute Gasteiger partial charge is 0.506 e. The predicted octanol–water partition coefficient (Wildman–Crippen LogP) is 4.05. The van der Waals surface area contributed by atoms with Crippen molar-refractivity contribution in [3.8, 4) is 17.2 Å². The summed E-state index contributed by atoms with van der Waals surface area (Å²) >= 11 is 1.29. The molecule has 2 aromatic carbocycles. The van der Waals surface area contributed by atoms with Crippen molar-refractivity contribution in [1.29, 1.82) is 0 Å². The Morgan fingerprint density at radius 2 is 2.04 bits per heavy atom. The highest BCUT2D eigenvalue weighted by atomic mass is 32.2. The van der Waals surface area contributed by atoms with Crippen molar-refractivity contribution in [2.45, 2.75) is 13.8 Å². The van der Waals surface area contributed by atoms with E-state index < -0.39 is 0 Å². The molecule has 7 heteroatoms. The zero-order chi connectivity index (χ0) is 19.0. The number of aromatic hydroxyl groups is 1. The van der Waals surface area contributed by atoms with E-state index in [9.17, 15) is 9.90 Å². The number of likely N-dealkylation sites (N-methyl/N-ethyl adjacent to an activating group) is 1. The van der Waals surface area contributed by atoms with Gasteiger partial charge in [0.1, 0.15) is 11.4 Å². The maximum atomic E-state index is 12.8. The van der Waals surface area contributed by atoms with E-state index in [4.69, 9.17) is 9.47 Å². The number of hydrogen-bond acceptors (Lipinski definition) is 6. The van der Waals surface area contributed by atoms with Crippen LogP contribution in [0.25, 0.3) is 6.08 Å². The minimum Gasteiger partial charge on any atom is -0.506 e. The van der Waals surface area contributed by atoms with Crippen LogP contribution < -0.4 is 9.47 Å². The average Bonchev–Trinajstić information content (AvgIpc) is 3.22. The number of fused-ring (bicyclic) bond motifs is 1. The Labute approximate surface area is 161 Å². The number of thioether (sulfide) groups is 1. The first-order valence-electron chi connectivity index (χ1n) is 8.54. The van der Waals surface area contributed by atoms with Crippen LogP contribution in [0, 0.1) is 6.92 Å². The van der Waals surface area contributed by atoms with E-state index in [1.165, 1.54) is 11.8 Å². The molecule has 0 spiro atoms. The van der Waals surface area contributed by atoms with Crippen LogP contribution in [0.1, 0.15) is 18.1 Å². The van der Waals surface area contributed by atoms with Crippen molar-refractivity contribution >= 4 is 34.6 Å². The molecule has 0 saturated carbocycles. The molecule has 0 atom stereocenters. The molecule has 1 N–H and O–H groups in total. The van der Waals surface area contributed by atoms with Crippen molar-refractivity contribution in [3.63, 3.8) is 0 Å². The number of carbonyl (C=O) groups excluding carboxylic acids is 1. The fourth-order valence-electron chi connectivity index (χ4n) is 2.86. The third-order valence-corrected chi connectivity index (χ3v) is 5.25. The molecule has 6 nitrogen and oxygen atoms in total. The van der Waals surface area contributed by atoms with E-state index >= 15 is 0 Å². The molecular formula is C20H18N2O4S. The number of benzene rings is 2. The molecule has 1 saturated heterocycles. The summed E-state index contributed by atoms with van der Waals surface area (Å²) in [6.45, 7) is 4.50. The molecule has 0 bridgehead atoms. The molecule has 0 radical (unpaired) electrons. The van der Waals surface area contributed by atoms with Crippen LogP contribution >= 0.6 is 11.8 Å². The standard InChI is InChI=1S/C20H18N2O4S/c1-3-22-19(24)18(10-13-5-7-16-17(9-13)26-11-25-16)27-20(22)21-14-6-4-12(2)8-15(14)23/h4-10,23H,3,11H2,1-2H3/b18-10-,21-20?. The van der Waals surface area contributed by atoms with Gasteiger partial charge in [-0.1, -0.05) is 12.1 Å². The Morgan fingerprint density at radius 3 is 2.81 bits per heavy atom. The summed E-state index contributed by atoms with van der Waals surface area (Å²) in [6, 6.07) is 10.8. The highest BCUT2D eigenvalue weighted by Gasteiger charge is 2.32. The summed E-state index contributed by atoms with van der Waals surface area (Å²) in [7, 11) is 0. The fraction of sp³-hybridized carbons (Fsp3) is 0.200. The zero-order valence-corrected chi connectivity index (χ0v) is 15.7. The molecule has 27 heavy (non-hydrogen) atoms. The number of phenolic OH excluding ortho intramolecular Hbond substituents is 1. The van der Waals surface area contributed by atoms with Gasteiger partial charge in [0, 0.05) is 6.54 Å². The van der Waals surface area contributed by atoms with Gasteiger partial charge in [0.05, 0.1) is 4.91 Å². The first-order valence-corrected chi connectivity index (χ1v) is 9.36. The molecule has 2 aromatic rings. The molecule has 2 aliphatic rings. The maximum Gasteiger partial charge on any atom is 0.266 e. The Kier molecular flexibility index (Phi) is 4.53. The van der Waals surface area contributed by atoms with E-state index in [2.05, 4.69) is 4.99 Å². The van der Waals surface area contributed by atoms with Gasteiger partial charge in [-0.25, -0.2) is 4.99 Å². The van der Waals surface area contributed by atoms with Gasteiger partial charge in [0.15, 0.2) is 16.7 Å². The monoisotopic (exact) mass is 382 g/mol. The summed E-state index contributed by atoms with van der Waals surface area (Å²) in [4.78, 5) is 19.4. The summed E-state index contributed by atoms with van der Waals surface area (Å²) in [6.07, 6.45) is 1.81. The normalized spacial score (nSPS) is 18.7. The predicted molar refractivity (Wildman–Crippen MR) is 105 cm³/mol. The number of aliphatic imine (C=N–C) groups is 1. The number of nitrogens with zero attached hydrogens (tertiary/aromatic N) is 2. The van der Waals surface area contributed by atoms with Crippen molar-refractivity contribution in [1.82, 2.24) is 4.90 Å². The summed E-state index contributed by atoms with van der Waals surface area (Å²) < 4.78 is 10.7. The minimum absolute atomic E-state index is 0.0970. The first-order chi connectivity index (χ1) is 13.0. The Bertz CT molecular complexity index is 984. The van der Waals surface area contributed by atoms with Crippen LogP contribution in [-0.4, -0.2) is 34.4 Å². The van der Waals surface area contributed by atoms with Crippen LogP contribution in [0.3, 0.4) is 0 Å². The van der Waals surface area contributed by atoms with Gasteiger partial charge in [-0.2, -0.15) is 0 Å². The van der Waals surface area contributed by atoms with Gasteiger partial charge >= 0.3 is 0 Å². The van der Waals surface area contributed by atoms with E-state index in [0.29, 0.717) is 33.8 Å². The topological polar surface area (TPSA) is 71.4 Å². The quantitative estimate of drug-likeness (QED) is 0.811. The van der Waals surface area contributed by atoms with Gasteiger partial charge in [-0.05, 0) is 67.1 Å². The van der Waals surface area contributed by atoms with Crippen LogP contribution in [0.4, 0.5) is 5.69 Å². The van der Waals surface area contributed by atoms with Crippen molar-refractivity contribution in [3.05, 3.63) is 52.4 Å². The molecule has 1 amide bonds. The molecular weight excluding hydrogens is 364 g/mol. The van der Waals surface area contributed by atoms with Crippen molar-refractivity contribution in [2.24, 2.45) is 4.99 Å². The minimum atomic E-state index is -0.106. The summed E-state index contributed by atoms with van der Waals surface area (Å²) in [5.74, 6) is 1.37. The molecule has 138 valence electrons. The fourth-order valence-corrected chi connectivity index (χ4v) is 3.91. The molecule has 0 aliphatic carbocycles. The summed E-state index contributed by atoms with van der Waals surface area (Å²) in [5.41, 5.74) is 2.24. The number of aryl methyl sites for hydroxylation is 1. The van der Waals surface area contributed by atoms with Crippen LogP contribution in [0.15, 0.2) is 46.3 Å². The lowest BCUT2D eigenvalue weighted by Crippen LogP contribution is -2.28. The molecule has 2 heterocycles. The first kappa shape index (κ1) is 17.5. The van der Waals surface area contributed by atoms with E-state index in [1.807, 2.05) is 44.2 Å². The number of ether oxygens (including phenoxy) is 2. The van der Waals surface area contributed by atoms with Gasteiger partial charge in [0.25, 0.3) is 5.91 Å². The number of hydrogen-bond donors (Lipinski definition) is 1. The molecule has 0 unspecified atom stereocenters. The number of rotatable bonds is 3. The lowest BCUT2D eigenvalue weighted by molar-refractivity contribution is -0.122. The maximum absolute atomic E-state index is 12.8. The second-order valence-electron chi connectivity index (χ2n) is 6.16. The van der Waals surface area contributed by atoms with Gasteiger partial charge in [-0.3, -0.25) is 9.69 Å². The number of amides is 1. The lowest BCUT2D eigenvalue weighted by atomic mass is 10.2. The van der Waals surface area contributed by atoms with Crippen LogP contribution in [0.5, 0.6) is 17.2 Å². The van der Waals surface area contributed by atoms with Gasteiger partial charge in [0.2, 0.25) is 6.79 Å². The Morgan fingerprint density at radius 1 is 1.22 bits per heavy atom. The molecule has 0 aromatic heterocycles. The lowest BCUT2D eigenvalue weighted by Gasteiger charge is -2.12. The van der Waals surface area contributed by atoms with Crippen LogP contribution in [-0.2, 0) is 4.79 Å². The highest BCUT2D eigenvalue weighted by molar-refractivity contribution is 8.18. The molecule has 2 aliphatic heterocycles. The van der Waals surface area contributed by atoms with E-state index in [0.717, 1.165) is 11.1 Å². The Balaban J connectivity index is 1.66. The SMILES string of the molecule is CCN1C(=O)/C(=C/c2ccc3c(c2)OCO3)SC1=Nc1ccc(C)cc1O. The van der Waals surface area contributed by atoms with E-state index in [1.54, 1.807) is 17.0 Å². The average molecular weight is 382 g/mol. The van der Waals surface area contributed by atoms with Crippen molar-refractivity contribution < 1.29 is 19.4 Å². The summed E-state index contributed by atoms with van der Waals surface area (Å²) in [5, 5.41) is 10.7. The second kappa shape index (κ2) is 7.00. The second-order valence-corrected chi connectivity index (χ2v) is 7.17. The zero-order valence-electron chi connectivity index (χ0n) is 14.9. The third kappa shape index (κ3) is 3.38. The van der Waals surface area contributed by atoms with E-state index in [-0.39, 0.29) is 18.4 Å². The smallest absolute Gasteiger partial charge is 0.266 e. The van der Waals surface area contributed by atoms with Crippen LogP contribution in [0.2, 0.25) is 0 Å². The molecule has 4 rings (SSSR count). The number of amidine groups is 1. The number of carbonyl (C=O) groups is 1. The Hall–Kier alpha value is -2.93. The van der Waals surface area contributed by atoms with Gasteiger partial charge < -0.3 is 14.6 Å². The van der Waals surface area contributed by atoms with Crippen molar-refractivity contribution in [2.75, 3.05) is 13.3 Å². The third-order valence-electron chi connectivity index (χ3n) is 4.25.